The fourth-order valence-corrected chi connectivity index (χ4v) is 5.88. The molecular weight excluding hydrogens is 478 g/mol. The number of likely N-dealkylation sites (N-methyl/N-ethyl adjacent to an activating group) is 1. The molecule has 1 saturated carbocycles. The predicted molar refractivity (Wildman–Crippen MR) is 146 cm³/mol. The maximum absolute atomic E-state index is 13.5. The summed E-state index contributed by atoms with van der Waals surface area (Å²) in [5.41, 5.74) is 3.26. The van der Waals surface area contributed by atoms with Crippen LogP contribution in [0.5, 0.6) is 0 Å². The Kier molecular flexibility index (Phi) is 7.37. The Labute approximate surface area is 217 Å². The van der Waals surface area contributed by atoms with Crippen LogP contribution in [0.15, 0.2) is 53.5 Å². The van der Waals surface area contributed by atoms with Gasteiger partial charge >= 0.3 is 0 Å². The first-order chi connectivity index (χ1) is 17.0. The Morgan fingerprint density at radius 1 is 1.03 bits per heavy atom. The Bertz CT molecular complexity index is 1110. The Hall–Kier alpha value is -2.48. The quantitative estimate of drug-likeness (QED) is 0.625. The van der Waals surface area contributed by atoms with E-state index in [2.05, 4.69) is 15.1 Å². The summed E-state index contributed by atoms with van der Waals surface area (Å²) in [6.07, 6.45) is 5.87. The summed E-state index contributed by atoms with van der Waals surface area (Å²) in [4.78, 5) is 24.8. The molecule has 5 rings (SSSR count). The molecule has 0 radical (unpaired) electrons. The van der Waals surface area contributed by atoms with Crippen LogP contribution >= 0.6 is 23.8 Å². The number of piperazine rings is 1. The maximum atomic E-state index is 13.5. The number of carbonyl (C=O) groups is 1. The normalized spacial score (nSPS) is 21.8. The minimum absolute atomic E-state index is 0.150. The zero-order chi connectivity index (χ0) is 24.4. The number of nitrogens with zero attached hydrogens (tertiary/aromatic N) is 4. The van der Waals surface area contributed by atoms with Crippen molar-refractivity contribution in [3.05, 3.63) is 64.7 Å². The lowest BCUT2D eigenvalue weighted by atomic mass is 9.94. The molecule has 1 unspecified atom stereocenters. The number of benzodiazepines with no additional fused rings is 1. The molecule has 1 atom stereocenters. The zero-order valence-electron chi connectivity index (χ0n) is 20.1. The third-order valence-electron chi connectivity index (χ3n) is 7.40. The maximum Gasteiger partial charge on any atom is 0.272 e. The number of anilines is 1. The Morgan fingerprint density at radius 2 is 1.74 bits per heavy atom. The van der Waals surface area contributed by atoms with Gasteiger partial charge in [0.15, 0.2) is 5.11 Å². The van der Waals surface area contributed by atoms with Gasteiger partial charge in [0.1, 0.15) is 0 Å². The standard InChI is InChI=1S/C27H32ClN5OS/c1-31-23-13-12-20(28)18-22(23)24(19-8-4-2-5-9-19)29-25(26(31)34)30-27(35)33-16-14-32(15-17-33)21-10-6-3-7-11-21/h2,4-5,8-9,12-13,18,21,25H,3,6-7,10-11,14-17H2,1H3,(H,30,35). The van der Waals surface area contributed by atoms with Crippen LogP contribution < -0.4 is 10.2 Å². The second-order valence-electron chi connectivity index (χ2n) is 9.57. The lowest BCUT2D eigenvalue weighted by Gasteiger charge is -2.41. The number of fused-ring (bicyclic) bond motifs is 1. The average Bonchev–Trinajstić information content (AvgIpc) is 3.00. The van der Waals surface area contributed by atoms with Crippen molar-refractivity contribution in [1.29, 1.82) is 0 Å². The third kappa shape index (κ3) is 5.22. The van der Waals surface area contributed by atoms with Crippen molar-refractivity contribution in [2.24, 2.45) is 4.99 Å². The monoisotopic (exact) mass is 509 g/mol. The van der Waals surface area contributed by atoms with E-state index in [1.807, 2.05) is 42.5 Å². The number of benzene rings is 2. The summed E-state index contributed by atoms with van der Waals surface area (Å²) in [6.45, 7) is 3.75. The molecule has 1 N–H and O–H groups in total. The average molecular weight is 510 g/mol. The molecule has 2 aliphatic heterocycles. The molecule has 1 saturated heterocycles. The van der Waals surface area contributed by atoms with E-state index in [0.29, 0.717) is 16.2 Å². The molecule has 0 spiro atoms. The summed E-state index contributed by atoms with van der Waals surface area (Å²) in [7, 11) is 1.78. The highest BCUT2D eigenvalue weighted by atomic mass is 35.5. The van der Waals surface area contributed by atoms with Gasteiger partial charge in [-0.05, 0) is 43.3 Å². The Balaban J connectivity index is 1.36. The first kappa shape index (κ1) is 24.2. The molecule has 3 aliphatic rings. The van der Waals surface area contributed by atoms with Gasteiger partial charge in [0.25, 0.3) is 5.91 Å². The van der Waals surface area contributed by atoms with Crippen LogP contribution in [-0.2, 0) is 4.79 Å². The number of hydrogen-bond donors (Lipinski definition) is 1. The molecule has 2 heterocycles. The van der Waals surface area contributed by atoms with Gasteiger partial charge in [-0.25, -0.2) is 4.99 Å². The molecule has 184 valence electrons. The smallest absolute Gasteiger partial charge is 0.272 e. The molecule has 1 aliphatic carbocycles. The van der Waals surface area contributed by atoms with Crippen molar-refractivity contribution in [2.45, 2.75) is 44.3 Å². The molecule has 35 heavy (non-hydrogen) atoms. The minimum atomic E-state index is -0.815. The predicted octanol–water partition coefficient (Wildman–Crippen LogP) is 4.30. The van der Waals surface area contributed by atoms with Crippen molar-refractivity contribution in [1.82, 2.24) is 15.1 Å². The van der Waals surface area contributed by atoms with Crippen LogP contribution in [0.25, 0.3) is 0 Å². The number of amides is 1. The number of halogens is 1. The van der Waals surface area contributed by atoms with Crippen LogP contribution in [0.2, 0.25) is 5.02 Å². The number of carbonyl (C=O) groups excluding carboxylic acids is 1. The van der Waals surface area contributed by atoms with Crippen molar-refractivity contribution in [3.63, 3.8) is 0 Å². The topological polar surface area (TPSA) is 51.2 Å². The van der Waals surface area contributed by atoms with E-state index in [1.165, 1.54) is 32.1 Å². The van der Waals surface area contributed by atoms with Gasteiger partial charge in [-0.15, -0.1) is 0 Å². The van der Waals surface area contributed by atoms with Crippen LogP contribution in [0.4, 0.5) is 5.69 Å². The van der Waals surface area contributed by atoms with Crippen molar-refractivity contribution >= 4 is 46.2 Å². The molecule has 2 aromatic carbocycles. The summed E-state index contributed by atoms with van der Waals surface area (Å²) in [5.74, 6) is -0.150. The van der Waals surface area contributed by atoms with Crippen LogP contribution in [0.1, 0.15) is 43.2 Å². The van der Waals surface area contributed by atoms with Crippen LogP contribution in [0, 0.1) is 0 Å². The molecule has 2 fully saturated rings. The number of thiocarbonyl (C=S) groups is 1. The van der Waals surface area contributed by atoms with Gasteiger partial charge in [0, 0.05) is 55.4 Å². The van der Waals surface area contributed by atoms with E-state index in [-0.39, 0.29) is 5.91 Å². The van der Waals surface area contributed by atoms with Crippen molar-refractivity contribution < 1.29 is 4.79 Å². The lowest BCUT2D eigenvalue weighted by Crippen LogP contribution is -2.57. The summed E-state index contributed by atoms with van der Waals surface area (Å²) in [6, 6.07) is 16.2. The van der Waals surface area contributed by atoms with Crippen molar-refractivity contribution in [3.8, 4) is 0 Å². The van der Waals surface area contributed by atoms with Crippen LogP contribution in [-0.4, -0.2) is 72.0 Å². The fourth-order valence-electron chi connectivity index (χ4n) is 5.41. The summed E-state index contributed by atoms with van der Waals surface area (Å²) >= 11 is 12.1. The van der Waals surface area contributed by atoms with E-state index in [0.717, 1.165) is 48.7 Å². The largest absolute Gasteiger partial charge is 0.347 e. The van der Waals surface area contributed by atoms with Gasteiger partial charge in [-0.1, -0.05) is 61.2 Å². The highest BCUT2D eigenvalue weighted by molar-refractivity contribution is 7.80. The molecule has 1 amide bonds. The number of aliphatic imine (C=N–C) groups is 1. The van der Waals surface area contributed by atoms with Crippen LogP contribution in [0.3, 0.4) is 0 Å². The second kappa shape index (κ2) is 10.6. The highest BCUT2D eigenvalue weighted by Crippen LogP contribution is 2.30. The molecule has 6 nitrogen and oxygen atoms in total. The molecular formula is C27H32ClN5OS. The minimum Gasteiger partial charge on any atom is -0.347 e. The van der Waals surface area contributed by atoms with Gasteiger partial charge in [0.05, 0.1) is 11.4 Å². The van der Waals surface area contributed by atoms with E-state index < -0.39 is 6.17 Å². The highest BCUT2D eigenvalue weighted by Gasteiger charge is 2.32. The van der Waals surface area contributed by atoms with Gasteiger partial charge in [-0.2, -0.15) is 0 Å². The van der Waals surface area contributed by atoms with Crippen molar-refractivity contribution in [2.75, 3.05) is 38.1 Å². The number of hydrogen-bond acceptors (Lipinski definition) is 4. The molecule has 8 heteroatoms. The second-order valence-corrected chi connectivity index (χ2v) is 10.4. The number of rotatable bonds is 3. The SMILES string of the molecule is CN1C(=O)C(NC(=S)N2CCN(C3CCCCC3)CC2)N=C(c2ccccc2)c2cc(Cl)ccc21. The summed E-state index contributed by atoms with van der Waals surface area (Å²) < 4.78 is 0. The molecule has 0 bridgehead atoms. The molecule has 0 aromatic heterocycles. The first-order valence-electron chi connectivity index (χ1n) is 12.5. The third-order valence-corrected chi connectivity index (χ3v) is 8.01. The lowest BCUT2D eigenvalue weighted by molar-refractivity contribution is -0.119. The number of nitrogens with one attached hydrogen (secondary N) is 1. The summed E-state index contributed by atoms with van der Waals surface area (Å²) in [5, 5.41) is 4.47. The fraction of sp³-hybridized carbons (Fsp3) is 0.444. The van der Waals surface area contributed by atoms with E-state index >= 15 is 0 Å². The van der Waals surface area contributed by atoms with Gasteiger partial charge < -0.3 is 15.1 Å². The van der Waals surface area contributed by atoms with E-state index in [9.17, 15) is 4.79 Å². The van der Waals surface area contributed by atoms with E-state index in [4.69, 9.17) is 28.8 Å². The van der Waals surface area contributed by atoms with E-state index in [1.54, 1.807) is 18.0 Å². The Morgan fingerprint density at radius 3 is 2.46 bits per heavy atom. The first-order valence-corrected chi connectivity index (χ1v) is 13.3. The van der Waals surface area contributed by atoms with Gasteiger partial charge in [-0.3, -0.25) is 9.69 Å². The van der Waals surface area contributed by atoms with Gasteiger partial charge in [0.2, 0.25) is 6.17 Å². The zero-order valence-corrected chi connectivity index (χ0v) is 21.7. The molecule has 2 aromatic rings.